The number of rotatable bonds is 2. The van der Waals surface area contributed by atoms with Crippen LogP contribution in [0.15, 0.2) is 191 Å². The summed E-state index contributed by atoms with van der Waals surface area (Å²) < 4.78 is 14.4. The van der Waals surface area contributed by atoms with Gasteiger partial charge in [-0.25, -0.2) is 0 Å². The van der Waals surface area contributed by atoms with E-state index in [1.165, 1.54) is 142 Å². The van der Waals surface area contributed by atoms with Crippen LogP contribution in [0.5, 0.6) is 0 Å². The van der Waals surface area contributed by atoms with E-state index in [1.807, 2.05) is 0 Å². The van der Waals surface area contributed by atoms with Crippen molar-refractivity contribution in [2.45, 2.75) is 64.7 Å². The molecule has 362 valence electrons. The Balaban J connectivity index is 0.877. The average Bonchev–Trinajstić information content (AvgIpc) is 4.39. The summed E-state index contributed by atoms with van der Waals surface area (Å²) in [5.74, 6) is 0. The molecule has 2 aromatic heterocycles. The number of hydrogen-bond acceptors (Lipinski definition) is 2. The zero-order valence-corrected chi connectivity index (χ0v) is 46.1. The Bertz CT molecular complexity index is 4880. The largest absolute Gasteiger partial charge is 0.455 e. The van der Waals surface area contributed by atoms with Gasteiger partial charge in [-0.15, -0.1) is 0 Å². The van der Waals surface area contributed by atoms with Gasteiger partial charge in [0.1, 0.15) is 38.5 Å². The molecule has 4 aliphatic rings. The molecule has 2 nitrogen and oxygen atoms in total. The Labute approximate surface area is 444 Å². The fourth-order valence-electron chi connectivity index (χ4n) is 15.7. The highest BCUT2D eigenvalue weighted by Gasteiger charge is 2.50. The van der Waals surface area contributed by atoms with Gasteiger partial charge in [-0.2, -0.15) is 0 Å². The molecule has 4 heteroatoms. The second-order valence-corrected chi connectivity index (χ2v) is 33.2. The summed E-state index contributed by atoms with van der Waals surface area (Å²) in [6.07, 6.45) is 0. The lowest BCUT2D eigenvalue weighted by Gasteiger charge is -2.28. The first kappa shape index (κ1) is 43.2. The van der Waals surface area contributed by atoms with Crippen LogP contribution in [-0.4, -0.2) is 16.1 Å². The first-order chi connectivity index (χ1) is 36.7. The molecule has 0 radical (unpaired) electrons. The SMILES string of the molecule is CC1(C)c2cc(-c3cc4c(c5c3oc3ccccc35)-c3ccc5c(c3[Si]4(C)C)[Si](C)(C)c3cc(-c4ccc6c(c4)C(C)(C)c4ccc7ccccc7c4-6)c4c(oc6ccccc64)c3-5)ccc2-c2c1ccc1ccccc21. The Morgan fingerprint density at radius 3 is 1.33 bits per heavy atom. The minimum absolute atomic E-state index is 0.154. The summed E-state index contributed by atoms with van der Waals surface area (Å²) in [5.41, 5.74) is 25.0. The summed E-state index contributed by atoms with van der Waals surface area (Å²) in [7, 11) is -4.87. The van der Waals surface area contributed by atoms with Crippen molar-refractivity contribution in [3.63, 3.8) is 0 Å². The Morgan fingerprint density at radius 1 is 0.329 bits per heavy atom. The zero-order valence-electron chi connectivity index (χ0n) is 44.1. The van der Waals surface area contributed by atoms with E-state index in [9.17, 15) is 0 Å². The Morgan fingerprint density at radius 2 is 0.763 bits per heavy atom. The van der Waals surface area contributed by atoms with E-state index in [0.717, 1.165) is 22.3 Å². The van der Waals surface area contributed by atoms with E-state index < -0.39 is 16.1 Å². The molecule has 0 fully saturated rings. The highest BCUT2D eigenvalue weighted by molar-refractivity contribution is 7.13. The number of para-hydroxylation sites is 2. The molecule has 0 amide bonds. The third-order valence-electron chi connectivity index (χ3n) is 19.4. The van der Waals surface area contributed by atoms with Crippen LogP contribution in [0.1, 0.15) is 49.9 Å². The minimum atomic E-state index is -2.44. The fourth-order valence-corrected chi connectivity index (χ4v) is 24.2. The van der Waals surface area contributed by atoms with Crippen LogP contribution in [-0.2, 0) is 10.8 Å². The fraction of sp³-hybridized carbons (Fsp3) is 0.139. The van der Waals surface area contributed by atoms with Crippen LogP contribution in [0, 0.1) is 0 Å². The van der Waals surface area contributed by atoms with Gasteiger partial charge in [0.2, 0.25) is 0 Å². The van der Waals surface area contributed by atoms with Gasteiger partial charge in [0, 0.05) is 43.5 Å². The van der Waals surface area contributed by atoms with Crippen LogP contribution in [0.2, 0.25) is 26.2 Å². The standard InChI is InChI=1S/C72H54O2Si2/c1-71(2)53-33-27-39-17-9-11-19-43(39)61(53)45-29-25-41(35-55(45)71)51-37-60-65(68-63(51)47-21-13-15-23-57(47)74-68)50-32-31-49-64-59(75(5,6)69(49)70(50)76(60,7)8)38-52(67-66(64)48-22-14-16-24-58(48)73-67)42-26-30-46-56(36-42)72(3,4)54-34-28-40-18-10-12-20-44(40)62(46)54/h9-38H,1-8H3. The maximum atomic E-state index is 7.24. The molecule has 2 aliphatic heterocycles. The second-order valence-electron chi connectivity index (χ2n) is 24.6. The van der Waals surface area contributed by atoms with Crippen molar-refractivity contribution >= 4 is 102 Å². The minimum Gasteiger partial charge on any atom is -0.455 e. The van der Waals surface area contributed by atoms with Gasteiger partial charge in [-0.05, 0) is 144 Å². The van der Waals surface area contributed by atoms with Crippen molar-refractivity contribution in [3.8, 4) is 66.8 Å². The highest BCUT2D eigenvalue weighted by Crippen LogP contribution is 2.56. The van der Waals surface area contributed by atoms with Crippen molar-refractivity contribution in [3.05, 3.63) is 204 Å². The van der Waals surface area contributed by atoms with Crippen molar-refractivity contribution in [2.24, 2.45) is 0 Å². The molecule has 4 heterocycles. The summed E-state index contributed by atoms with van der Waals surface area (Å²) in [6, 6.07) is 69.3. The number of fused-ring (bicyclic) bond motifs is 25. The molecule has 0 unspecified atom stereocenters. The van der Waals surface area contributed by atoms with E-state index >= 15 is 0 Å². The van der Waals surface area contributed by atoms with E-state index in [2.05, 4.69) is 236 Å². The Hall–Kier alpha value is -8.03. The molecular weight excluding hydrogens is 953 g/mol. The quantitative estimate of drug-likeness (QED) is 0.161. The maximum Gasteiger partial charge on any atom is 0.143 e. The summed E-state index contributed by atoms with van der Waals surface area (Å²) in [5, 5.41) is 16.2. The molecule has 0 spiro atoms. The van der Waals surface area contributed by atoms with Crippen molar-refractivity contribution in [1.82, 2.24) is 0 Å². The van der Waals surface area contributed by atoms with E-state index in [-0.39, 0.29) is 10.8 Å². The van der Waals surface area contributed by atoms with Crippen molar-refractivity contribution in [1.29, 1.82) is 0 Å². The normalized spacial score (nSPS) is 16.3. The van der Waals surface area contributed by atoms with Gasteiger partial charge in [-0.1, -0.05) is 212 Å². The van der Waals surface area contributed by atoms with Crippen LogP contribution in [0.4, 0.5) is 0 Å². The van der Waals surface area contributed by atoms with Crippen molar-refractivity contribution < 1.29 is 8.83 Å². The first-order valence-corrected chi connectivity index (χ1v) is 33.2. The third-order valence-corrected chi connectivity index (χ3v) is 26.7. The molecule has 11 aromatic carbocycles. The van der Waals surface area contributed by atoms with Crippen LogP contribution < -0.4 is 20.7 Å². The van der Waals surface area contributed by atoms with E-state index in [0.29, 0.717) is 0 Å². The van der Waals surface area contributed by atoms with Gasteiger partial charge in [0.05, 0.1) is 0 Å². The molecule has 17 rings (SSSR count). The highest BCUT2D eigenvalue weighted by atomic mass is 28.3. The summed E-state index contributed by atoms with van der Waals surface area (Å²) in [4.78, 5) is 0. The third kappa shape index (κ3) is 5.13. The van der Waals surface area contributed by atoms with Crippen LogP contribution in [0.3, 0.4) is 0 Å². The molecule has 13 aromatic rings. The smallest absolute Gasteiger partial charge is 0.143 e. The van der Waals surface area contributed by atoms with E-state index in [4.69, 9.17) is 8.83 Å². The number of furan rings is 2. The van der Waals surface area contributed by atoms with Gasteiger partial charge >= 0.3 is 0 Å². The van der Waals surface area contributed by atoms with Gasteiger partial charge in [-0.3, -0.25) is 0 Å². The summed E-state index contributed by atoms with van der Waals surface area (Å²) >= 11 is 0. The topological polar surface area (TPSA) is 26.3 Å². The predicted molar refractivity (Wildman–Crippen MR) is 326 cm³/mol. The van der Waals surface area contributed by atoms with Crippen LogP contribution >= 0.6 is 0 Å². The molecule has 0 N–H and O–H groups in total. The molecule has 0 saturated carbocycles. The first-order valence-electron chi connectivity index (χ1n) is 27.2. The van der Waals surface area contributed by atoms with Crippen LogP contribution in [0.25, 0.3) is 132 Å². The Kier molecular flexibility index (Phi) is 8.00. The van der Waals surface area contributed by atoms with Gasteiger partial charge in [0.15, 0.2) is 0 Å². The molecule has 0 saturated heterocycles. The second kappa shape index (κ2) is 14.1. The van der Waals surface area contributed by atoms with Crippen molar-refractivity contribution in [2.75, 3.05) is 0 Å². The predicted octanol–water partition coefficient (Wildman–Crippen LogP) is 17.3. The number of benzene rings is 11. The monoisotopic (exact) mass is 1010 g/mol. The average molecular weight is 1010 g/mol. The van der Waals surface area contributed by atoms with Gasteiger partial charge < -0.3 is 8.83 Å². The maximum absolute atomic E-state index is 7.24. The van der Waals surface area contributed by atoms with Gasteiger partial charge in [0.25, 0.3) is 0 Å². The molecule has 0 bridgehead atoms. The molecule has 0 atom stereocenters. The molecule has 76 heavy (non-hydrogen) atoms. The summed E-state index contributed by atoms with van der Waals surface area (Å²) in [6.45, 7) is 20.1. The lowest BCUT2D eigenvalue weighted by molar-refractivity contribution is 0.660. The lowest BCUT2D eigenvalue weighted by atomic mass is 9.81. The zero-order chi connectivity index (χ0) is 51.1. The lowest BCUT2D eigenvalue weighted by Crippen LogP contribution is -2.63. The molecular formula is C72H54O2Si2. The number of hydrogen-bond donors (Lipinski definition) is 0. The molecule has 2 aliphatic carbocycles. The van der Waals surface area contributed by atoms with E-state index in [1.54, 1.807) is 10.4 Å².